The van der Waals surface area contributed by atoms with Crippen LogP contribution in [0, 0.1) is 11.7 Å². The van der Waals surface area contributed by atoms with E-state index in [9.17, 15) is 22.4 Å². The number of methoxy groups -OCH3 is 1. The fourth-order valence-corrected chi connectivity index (χ4v) is 4.69. The van der Waals surface area contributed by atoms with Crippen LogP contribution in [0.3, 0.4) is 0 Å². The van der Waals surface area contributed by atoms with Gasteiger partial charge in [0.25, 0.3) is 5.91 Å². The monoisotopic (exact) mass is 401 g/mol. The van der Waals surface area contributed by atoms with Crippen LogP contribution >= 0.6 is 0 Å². The average molecular weight is 401 g/mol. The molecule has 0 spiro atoms. The Morgan fingerprint density at radius 1 is 1.33 bits per heavy atom. The maximum Gasteiger partial charge on any atom is 0.338 e. The summed E-state index contributed by atoms with van der Waals surface area (Å²) in [5, 5.41) is 0. The number of hydrogen-bond acceptors (Lipinski definition) is 6. The van der Waals surface area contributed by atoms with Crippen molar-refractivity contribution in [1.29, 1.82) is 0 Å². The second-order valence-electron chi connectivity index (χ2n) is 6.92. The van der Waals surface area contributed by atoms with Crippen LogP contribution in [0.25, 0.3) is 0 Å². The van der Waals surface area contributed by atoms with Crippen molar-refractivity contribution in [3.05, 3.63) is 29.6 Å². The van der Waals surface area contributed by atoms with Gasteiger partial charge in [-0.25, -0.2) is 17.6 Å². The highest BCUT2D eigenvalue weighted by Gasteiger charge is 2.35. The van der Waals surface area contributed by atoms with Crippen LogP contribution in [-0.2, 0) is 19.4 Å². The normalized spacial score (nSPS) is 18.3. The molecule has 9 heteroatoms. The number of nitrogens with zero attached hydrogens (tertiary/aromatic N) is 1. The van der Waals surface area contributed by atoms with E-state index in [4.69, 9.17) is 9.47 Å². The van der Waals surface area contributed by atoms with Crippen LogP contribution in [0.15, 0.2) is 18.2 Å². The zero-order valence-corrected chi connectivity index (χ0v) is 16.4. The molecule has 1 amide bonds. The summed E-state index contributed by atoms with van der Waals surface area (Å²) in [6, 6.07) is 3.19. The molecule has 1 aromatic rings. The summed E-state index contributed by atoms with van der Waals surface area (Å²) >= 11 is 0. The molecular formula is C18H24FNO6S. The van der Waals surface area contributed by atoms with Gasteiger partial charge in [0.15, 0.2) is 28.0 Å². The van der Waals surface area contributed by atoms with Gasteiger partial charge in [-0.05, 0) is 30.5 Å². The quantitative estimate of drug-likeness (QED) is 0.646. The molecule has 150 valence electrons. The van der Waals surface area contributed by atoms with Gasteiger partial charge in [-0.2, -0.15) is 0 Å². The molecule has 0 N–H and O–H groups in total. The first kappa shape index (κ1) is 21.1. The molecule has 0 unspecified atom stereocenters. The van der Waals surface area contributed by atoms with Crippen LogP contribution in [0.4, 0.5) is 4.39 Å². The molecule has 0 radical (unpaired) electrons. The Labute approximate surface area is 158 Å². The van der Waals surface area contributed by atoms with Gasteiger partial charge in [0, 0.05) is 12.6 Å². The second-order valence-corrected chi connectivity index (χ2v) is 9.15. The molecule has 1 atom stereocenters. The van der Waals surface area contributed by atoms with Gasteiger partial charge in [-0.3, -0.25) is 4.79 Å². The van der Waals surface area contributed by atoms with E-state index < -0.39 is 40.2 Å². The van der Waals surface area contributed by atoms with E-state index in [2.05, 4.69) is 0 Å². The summed E-state index contributed by atoms with van der Waals surface area (Å²) in [5.74, 6) is -1.93. The first-order chi connectivity index (χ1) is 12.6. The number of amides is 1. The summed E-state index contributed by atoms with van der Waals surface area (Å²) < 4.78 is 46.9. The molecule has 1 aromatic carbocycles. The number of rotatable bonds is 7. The maximum absolute atomic E-state index is 13.7. The zero-order valence-electron chi connectivity index (χ0n) is 15.6. The van der Waals surface area contributed by atoms with E-state index in [1.165, 1.54) is 24.1 Å². The number of carbonyl (C=O) groups excluding carboxylic acids is 2. The van der Waals surface area contributed by atoms with Crippen LogP contribution in [0.1, 0.15) is 30.6 Å². The predicted octanol–water partition coefficient (Wildman–Crippen LogP) is 1.66. The van der Waals surface area contributed by atoms with Crippen molar-refractivity contribution < 1.29 is 31.9 Å². The predicted molar refractivity (Wildman–Crippen MR) is 96.8 cm³/mol. The Morgan fingerprint density at radius 3 is 2.56 bits per heavy atom. The lowest BCUT2D eigenvalue weighted by Crippen LogP contribution is -2.45. The standard InChI is InChI=1S/C18H24FNO6S/c1-12(2)9-20(14-6-7-27(23,24)11-14)17(21)10-26-18(22)13-4-5-16(25-3)15(19)8-13/h4-5,8,12,14H,6-7,9-11H2,1-3H3/t14-/m0/s1. The summed E-state index contributed by atoms with van der Waals surface area (Å²) in [7, 11) is -1.84. The largest absolute Gasteiger partial charge is 0.494 e. The van der Waals surface area contributed by atoms with Gasteiger partial charge in [0.2, 0.25) is 0 Å². The number of sulfone groups is 1. The van der Waals surface area contributed by atoms with Crippen molar-refractivity contribution in [2.75, 3.05) is 31.8 Å². The lowest BCUT2D eigenvalue weighted by atomic mass is 10.1. The minimum atomic E-state index is -3.15. The summed E-state index contributed by atoms with van der Waals surface area (Å²) in [5.41, 5.74) is -0.0417. The van der Waals surface area contributed by atoms with Crippen LogP contribution in [0.5, 0.6) is 5.75 Å². The van der Waals surface area contributed by atoms with Crippen molar-refractivity contribution in [3.8, 4) is 5.75 Å². The summed E-state index contributed by atoms with van der Waals surface area (Å²) in [6.45, 7) is 3.66. The topological polar surface area (TPSA) is 90.0 Å². The molecule has 1 fully saturated rings. The molecule has 0 saturated carbocycles. The van der Waals surface area contributed by atoms with E-state index in [-0.39, 0.29) is 28.7 Å². The van der Waals surface area contributed by atoms with Crippen molar-refractivity contribution in [1.82, 2.24) is 4.90 Å². The number of ether oxygens (including phenoxy) is 2. The maximum atomic E-state index is 13.7. The third-order valence-corrected chi connectivity index (χ3v) is 6.00. The molecule has 0 aliphatic carbocycles. The molecule has 0 bridgehead atoms. The van der Waals surface area contributed by atoms with Gasteiger partial charge in [-0.1, -0.05) is 13.8 Å². The third kappa shape index (κ3) is 5.66. The SMILES string of the molecule is COc1ccc(C(=O)OCC(=O)N(CC(C)C)[C@H]2CCS(=O)(=O)C2)cc1F. The lowest BCUT2D eigenvalue weighted by molar-refractivity contribution is -0.137. The van der Waals surface area contributed by atoms with Gasteiger partial charge in [0.05, 0.1) is 24.2 Å². The molecule has 2 rings (SSSR count). The van der Waals surface area contributed by atoms with E-state index in [1.807, 2.05) is 13.8 Å². The van der Waals surface area contributed by atoms with Gasteiger partial charge in [-0.15, -0.1) is 0 Å². The first-order valence-corrected chi connectivity index (χ1v) is 10.5. The number of halogens is 1. The Balaban J connectivity index is 2.02. The zero-order chi connectivity index (χ0) is 20.2. The molecule has 1 saturated heterocycles. The van der Waals surface area contributed by atoms with Crippen molar-refractivity contribution in [2.24, 2.45) is 5.92 Å². The number of hydrogen-bond donors (Lipinski definition) is 0. The Kier molecular flexibility index (Phi) is 6.80. The third-order valence-electron chi connectivity index (χ3n) is 4.25. The fraction of sp³-hybridized carbons (Fsp3) is 0.556. The number of benzene rings is 1. The average Bonchev–Trinajstić information content (AvgIpc) is 2.96. The van der Waals surface area contributed by atoms with Crippen molar-refractivity contribution in [3.63, 3.8) is 0 Å². The molecule has 7 nitrogen and oxygen atoms in total. The minimum absolute atomic E-state index is 0.00632. The van der Waals surface area contributed by atoms with Gasteiger partial charge >= 0.3 is 5.97 Å². The molecule has 1 aliphatic rings. The smallest absolute Gasteiger partial charge is 0.338 e. The van der Waals surface area contributed by atoms with Gasteiger partial charge in [0.1, 0.15) is 0 Å². The van der Waals surface area contributed by atoms with E-state index >= 15 is 0 Å². The molecule has 1 heterocycles. The summed E-state index contributed by atoms with van der Waals surface area (Å²) in [4.78, 5) is 26.1. The Hall–Kier alpha value is -2.16. The number of carbonyl (C=O) groups is 2. The van der Waals surface area contributed by atoms with Gasteiger partial charge < -0.3 is 14.4 Å². The van der Waals surface area contributed by atoms with Crippen molar-refractivity contribution in [2.45, 2.75) is 26.3 Å². The van der Waals surface area contributed by atoms with E-state index in [1.54, 1.807) is 0 Å². The van der Waals surface area contributed by atoms with E-state index in [0.29, 0.717) is 13.0 Å². The highest BCUT2D eigenvalue weighted by atomic mass is 32.2. The minimum Gasteiger partial charge on any atom is -0.494 e. The molecular weight excluding hydrogens is 377 g/mol. The molecule has 0 aromatic heterocycles. The Morgan fingerprint density at radius 2 is 2.04 bits per heavy atom. The molecule has 27 heavy (non-hydrogen) atoms. The van der Waals surface area contributed by atoms with Crippen LogP contribution < -0.4 is 4.74 Å². The second kappa shape index (κ2) is 8.69. The fourth-order valence-electron chi connectivity index (χ4n) is 2.96. The first-order valence-electron chi connectivity index (χ1n) is 8.63. The van der Waals surface area contributed by atoms with E-state index in [0.717, 1.165) is 6.07 Å². The molecule has 1 aliphatic heterocycles. The summed E-state index contributed by atoms with van der Waals surface area (Å²) in [6.07, 6.45) is 0.373. The Bertz CT molecular complexity index is 808. The highest BCUT2D eigenvalue weighted by molar-refractivity contribution is 7.91. The number of esters is 1. The highest BCUT2D eigenvalue weighted by Crippen LogP contribution is 2.20. The van der Waals surface area contributed by atoms with Crippen LogP contribution in [0.2, 0.25) is 0 Å². The van der Waals surface area contributed by atoms with Crippen LogP contribution in [-0.4, -0.2) is 63.0 Å². The van der Waals surface area contributed by atoms with Crippen molar-refractivity contribution >= 4 is 21.7 Å². The lowest BCUT2D eigenvalue weighted by Gasteiger charge is -2.29.